The summed E-state index contributed by atoms with van der Waals surface area (Å²) in [6.45, 7) is 7.37. The van der Waals surface area contributed by atoms with Crippen LogP contribution in [0.4, 0.5) is 0 Å². The second kappa shape index (κ2) is 9.45. The van der Waals surface area contributed by atoms with E-state index in [4.69, 9.17) is 10.1 Å². The number of carbonyl (C=O) groups is 1. The summed E-state index contributed by atoms with van der Waals surface area (Å²) in [5.74, 6) is 1.39. The number of hydrogen-bond acceptors (Lipinski definition) is 4. The third-order valence-electron chi connectivity index (χ3n) is 4.74. The Hall–Kier alpha value is -3.02. The van der Waals surface area contributed by atoms with Crippen molar-refractivity contribution in [2.45, 2.75) is 53.0 Å². The normalized spacial score (nSPS) is 11.2. The van der Waals surface area contributed by atoms with E-state index < -0.39 is 5.97 Å². The lowest BCUT2D eigenvalue weighted by Crippen LogP contribution is -2.07. The van der Waals surface area contributed by atoms with Crippen LogP contribution in [0.1, 0.15) is 61.3 Å². The van der Waals surface area contributed by atoms with Crippen LogP contribution < -0.4 is 0 Å². The van der Waals surface area contributed by atoms with Crippen molar-refractivity contribution in [3.63, 3.8) is 0 Å². The highest BCUT2D eigenvalue weighted by atomic mass is 16.4. The van der Waals surface area contributed by atoms with Crippen LogP contribution in [0, 0.1) is 5.92 Å². The Morgan fingerprint density at radius 2 is 1.97 bits per heavy atom. The van der Waals surface area contributed by atoms with E-state index in [0.29, 0.717) is 17.9 Å². The molecule has 0 atom stereocenters. The molecule has 6 heteroatoms. The quantitative estimate of drug-likeness (QED) is 0.574. The van der Waals surface area contributed by atoms with Crippen molar-refractivity contribution in [2.75, 3.05) is 0 Å². The number of aryl methyl sites for hydroxylation is 1. The van der Waals surface area contributed by atoms with Gasteiger partial charge in [-0.3, -0.25) is 4.98 Å². The van der Waals surface area contributed by atoms with Gasteiger partial charge in [-0.2, -0.15) is 5.10 Å². The Bertz CT molecular complexity index is 961. The lowest BCUT2D eigenvalue weighted by molar-refractivity contribution is 0.0697. The van der Waals surface area contributed by atoms with E-state index in [2.05, 4.69) is 25.8 Å². The van der Waals surface area contributed by atoms with Crippen molar-refractivity contribution in [3.8, 4) is 11.1 Å². The van der Waals surface area contributed by atoms with Gasteiger partial charge in [0.1, 0.15) is 5.82 Å². The van der Waals surface area contributed by atoms with Crippen LogP contribution in [-0.2, 0) is 19.4 Å². The van der Waals surface area contributed by atoms with Crippen molar-refractivity contribution in [1.82, 2.24) is 19.7 Å². The van der Waals surface area contributed by atoms with Crippen molar-refractivity contribution in [1.29, 1.82) is 0 Å². The van der Waals surface area contributed by atoms with Crippen molar-refractivity contribution < 1.29 is 9.90 Å². The Morgan fingerprint density at radius 3 is 2.62 bits per heavy atom. The SMILES string of the molecule is CCCCn1nc(CC(C)C)nc1Cc1ccc(-c2ccccc2C(=O)O)cn1. The maximum Gasteiger partial charge on any atom is 0.336 e. The minimum absolute atomic E-state index is 0.277. The molecule has 3 rings (SSSR count). The van der Waals surface area contributed by atoms with Crippen molar-refractivity contribution >= 4 is 5.97 Å². The zero-order valence-corrected chi connectivity index (χ0v) is 17.3. The number of rotatable bonds is 9. The number of carboxylic acids is 1. The Morgan fingerprint density at radius 1 is 1.17 bits per heavy atom. The molecule has 2 heterocycles. The molecule has 6 nitrogen and oxygen atoms in total. The predicted octanol–water partition coefficient (Wildman–Crippen LogP) is 4.63. The highest BCUT2D eigenvalue weighted by molar-refractivity contribution is 5.95. The number of benzene rings is 1. The van der Waals surface area contributed by atoms with Gasteiger partial charge in [0.15, 0.2) is 5.82 Å². The fraction of sp³-hybridized carbons (Fsp3) is 0.391. The molecular formula is C23H28N4O2. The van der Waals surface area contributed by atoms with Gasteiger partial charge in [0.2, 0.25) is 0 Å². The number of unbranched alkanes of at least 4 members (excludes halogenated alkanes) is 1. The number of pyridine rings is 1. The third-order valence-corrected chi connectivity index (χ3v) is 4.74. The number of carboxylic acid groups (broad SMARTS) is 1. The van der Waals surface area contributed by atoms with Gasteiger partial charge in [-0.05, 0) is 30.0 Å². The van der Waals surface area contributed by atoms with E-state index in [9.17, 15) is 9.90 Å². The molecule has 0 bridgehead atoms. The molecule has 1 aromatic carbocycles. The number of hydrogen-bond donors (Lipinski definition) is 1. The molecule has 0 unspecified atom stereocenters. The molecule has 0 aliphatic rings. The highest BCUT2D eigenvalue weighted by Crippen LogP contribution is 2.23. The van der Waals surface area contributed by atoms with E-state index in [-0.39, 0.29) is 5.56 Å². The third kappa shape index (κ3) is 5.28. The van der Waals surface area contributed by atoms with Gasteiger partial charge in [-0.25, -0.2) is 14.5 Å². The predicted molar refractivity (Wildman–Crippen MR) is 113 cm³/mol. The summed E-state index contributed by atoms with van der Waals surface area (Å²) in [5.41, 5.74) is 2.63. The van der Waals surface area contributed by atoms with E-state index >= 15 is 0 Å². The van der Waals surface area contributed by atoms with Gasteiger partial charge < -0.3 is 5.11 Å². The molecule has 0 saturated carbocycles. The zero-order valence-electron chi connectivity index (χ0n) is 17.3. The summed E-state index contributed by atoms with van der Waals surface area (Å²) in [5, 5.41) is 14.1. The van der Waals surface area contributed by atoms with Gasteiger partial charge >= 0.3 is 5.97 Å². The Labute approximate surface area is 171 Å². The molecule has 0 fully saturated rings. The summed E-state index contributed by atoms with van der Waals surface area (Å²) in [4.78, 5) is 20.8. The van der Waals surface area contributed by atoms with Crippen LogP contribution in [-0.4, -0.2) is 30.8 Å². The van der Waals surface area contributed by atoms with E-state index in [0.717, 1.165) is 48.7 Å². The molecule has 0 aliphatic carbocycles. The smallest absolute Gasteiger partial charge is 0.336 e. The first-order chi connectivity index (χ1) is 14.0. The number of aromatic nitrogens is 4. The monoisotopic (exact) mass is 392 g/mol. The summed E-state index contributed by atoms with van der Waals surface area (Å²) in [7, 11) is 0. The highest BCUT2D eigenvalue weighted by Gasteiger charge is 2.14. The average molecular weight is 393 g/mol. The number of aromatic carboxylic acids is 1. The van der Waals surface area contributed by atoms with Crippen LogP contribution in [0.15, 0.2) is 42.6 Å². The van der Waals surface area contributed by atoms with Crippen LogP contribution in [0.25, 0.3) is 11.1 Å². The molecular weight excluding hydrogens is 364 g/mol. The summed E-state index contributed by atoms with van der Waals surface area (Å²) >= 11 is 0. The molecule has 152 valence electrons. The summed E-state index contributed by atoms with van der Waals surface area (Å²) < 4.78 is 2.01. The summed E-state index contributed by atoms with van der Waals surface area (Å²) in [6.07, 6.45) is 5.38. The number of nitrogens with zero attached hydrogens (tertiary/aromatic N) is 4. The molecule has 3 aromatic rings. The second-order valence-corrected chi connectivity index (χ2v) is 7.68. The Balaban J connectivity index is 1.83. The Kier molecular flexibility index (Phi) is 6.75. The van der Waals surface area contributed by atoms with Gasteiger partial charge in [0.05, 0.1) is 5.56 Å². The molecule has 0 amide bonds. The average Bonchev–Trinajstić information content (AvgIpc) is 3.07. The fourth-order valence-corrected chi connectivity index (χ4v) is 3.27. The van der Waals surface area contributed by atoms with Gasteiger partial charge in [-0.15, -0.1) is 0 Å². The van der Waals surface area contributed by atoms with Gasteiger partial charge in [0, 0.05) is 36.8 Å². The maximum atomic E-state index is 11.5. The zero-order chi connectivity index (χ0) is 20.8. The topological polar surface area (TPSA) is 80.9 Å². The molecule has 1 N–H and O–H groups in total. The van der Waals surface area contributed by atoms with Crippen molar-refractivity contribution in [2.24, 2.45) is 5.92 Å². The maximum absolute atomic E-state index is 11.5. The second-order valence-electron chi connectivity index (χ2n) is 7.68. The molecule has 0 aliphatic heterocycles. The fourth-order valence-electron chi connectivity index (χ4n) is 3.27. The standard InChI is InChI=1S/C23H28N4O2/c1-4-5-12-27-22(25-21(26-27)13-16(2)3)14-18-11-10-17(15-24-18)19-8-6-7-9-20(19)23(28)29/h6-11,15-16H,4-5,12-14H2,1-3H3,(H,28,29). The molecule has 0 spiro atoms. The minimum atomic E-state index is -0.939. The van der Waals surface area contributed by atoms with Crippen LogP contribution >= 0.6 is 0 Å². The first-order valence-corrected chi connectivity index (χ1v) is 10.2. The van der Waals surface area contributed by atoms with Gasteiger partial charge in [-0.1, -0.05) is 51.5 Å². The van der Waals surface area contributed by atoms with Crippen LogP contribution in [0.5, 0.6) is 0 Å². The van der Waals surface area contributed by atoms with Crippen molar-refractivity contribution in [3.05, 3.63) is 65.5 Å². The van der Waals surface area contributed by atoms with E-state index in [1.165, 1.54) is 0 Å². The minimum Gasteiger partial charge on any atom is -0.478 e. The molecule has 0 radical (unpaired) electrons. The van der Waals surface area contributed by atoms with E-state index in [1.807, 2.05) is 22.9 Å². The lowest BCUT2D eigenvalue weighted by atomic mass is 10.0. The molecule has 29 heavy (non-hydrogen) atoms. The molecule has 0 saturated heterocycles. The van der Waals surface area contributed by atoms with Crippen LogP contribution in [0.3, 0.4) is 0 Å². The van der Waals surface area contributed by atoms with E-state index in [1.54, 1.807) is 24.4 Å². The molecule has 2 aromatic heterocycles. The summed E-state index contributed by atoms with van der Waals surface area (Å²) in [6, 6.07) is 10.8. The lowest BCUT2D eigenvalue weighted by Gasteiger charge is -2.08. The first kappa shape index (κ1) is 20.7. The van der Waals surface area contributed by atoms with Crippen LogP contribution in [0.2, 0.25) is 0 Å². The van der Waals surface area contributed by atoms with Gasteiger partial charge in [0.25, 0.3) is 0 Å². The largest absolute Gasteiger partial charge is 0.478 e. The first-order valence-electron chi connectivity index (χ1n) is 10.2.